The molecule has 1 aliphatic rings. The molecule has 0 fully saturated rings. The van der Waals surface area contributed by atoms with Gasteiger partial charge in [0, 0.05) is 13.0 Å². The highest BCUT2D eigenvalue weighted by molar-refractivity contribution is 5.90. The molecule has 0 bridgehead atoms. The van der Waals surface area contributed by atoms with E-state index < -0.39 is 5.41 Å². The highest BCUT2D eigenvalue weighted by atomic mass is 16.5. The maximum Gasteiger partial charge on any atom is 0.151 e. The molecule has 1 aliphatic carbocycles. The molecule has 0 saturated carbocycles. The van der Waals surface area contributed by atoms with E-state index in [0.717, 1.165) is 6.42 Å². The van der Waals surface area contributed by atoms with Gasteiger partial charge in [-0.25, -0.2) is 0 Å². The molecule has 2 nitrogen and oxygen atoms in total. The van der Waals surface area contributed by atoms with Gasteiger partial charge in [-0.05, 0) is 6.42 Å². The van der Waals surface area contributed by atoms with Gasteiger partial charge in [-0.3, -0.25) is 4.79 Å². The number of allylic oxidation sites excluding steroid dienone is 2. The Kier molecular flexibility index (Phi) is 3.64. The molecule has 0 amide bonds. The number of hydrogen-bond acceptors (Lipinski definition) is 2. The monoisotopic (exact) mass is 194 g/mol. The van der Waals surface area contributed by atoms with Crippen molar-refractivity contribution >= 4 is 5.78 Å². The lowest BCUT2D eigenvalue weighted by atomic mass is 9.77. The van der Waals surface area contributed by atoms with Crippen LogP contribution >= 0.6 is 0 Å². The average Bonchev–Trinajstić information content (AvgIpc) is 2.18. The lowest BCUT2D eigenvalue weighted by Crippen LogP contribution is -2.35. The third-order valence-corrected chi connectivity index (χ3v) is 2.47. The lowest BCUT2D eigenvalue weighted by Gasteiger charge is -2.28. The molecule has 78 valence electrons. The molecular formula is C12H18O2. The fraction of sp³-hybridized carbons (Fsp3) is 0.583. The topological polar surface area (TPSA) is 26.3 Å². The van der Waals surface area contributed by atoms with Gasteiger partial charge < -0.3 is 4.74 Å². The van der Waals surface area contributed by atoms with Gasteiger partial charge in [0.05, 0.1) is 12.0 Å². The molecular weight excluding hydrogens is 176 g/mol. The minimum Gasteiger partial charge on any atom is -0.383 e. The van der Waals surface area contributed by atoms with Crippen molar-refractivity contribution in [3.8, 4) is 0 Å². The Bertz CT molecular complexity index is 249. The summed E-state index contributed by atoms with van der Waals surface area (Å²) in [6.45, 7) is 4.29. The van der Waals surface area contributed by atoms with E-state index in [9.17, 15) is 4.79 Å². The number of methoxy groups -OCH3 is 1. The summed E-state index contributed by atoms with van der Waals surface area (Å²) in [7, 11) is 1.63. The van der Waals surface area contributed by atoms with Gasteiger partial charge in [-0.15, -0.1) is 0 Å². The molecule has 0 aromatic heterocycles. The van der Waals surface area contributed by atoms with Gasteiger partial charge >= 0.3 is 0 Å². The van der Waals surface area contributed by atoms with Gasteiger partial charge in [0.1, 0.15) is 0 Å². The molecule has 0 aromatic carbocycles. The SMILES string of the molecule is COCC1(C(=O)C(C)C)C=CCC=C1. The van der Waals surface area contributed by atoms with Crippen molar-refractivity contribution in [3.63, 3.8) is 0 Å². The Labute approximate surface area is 85.6 Å². The van der Waals surface area contributed by atoms with Crippen LogP contribution in [-0.2, 0) is 9.53 Å². The molecule has 0 saturated heterocycles. The van der Waals surface area contributed by atoms with Gasteiger partial charge in [-0.1, -0.05) is 38.2 Å². The molecule has 1 rings (SSSR count). The van der Waals surface area contributed by atoms with Crippen LogP contribution < -0.4 is 0 Å². The minimum absolute atomic E-state index is 0.0394. The molecule has 14 heavy (non-hydrogen) atoms. The number of carbonyl (C=O) groups excluding carboxylic acids is 1. The van der Waals surface area contributed by atoms with Crippen LogP contribution in [0, 0.1) is 11.3 Å². The first-order valence-corrected chi connectivity index (χ1v) is 5.01. The molecule has 0 N–H and O–H groups in total. The zero-order chi connectivity index (χ0) is 10.6. The molecule has 0 aliphatic heterocycles. The first-order chi connectivity index (χ1) is 6.62. The third-order valence-electron chi connectivity index (χ3n) is 2.47. The van der Waals surface area contributed by atoms with E-state index in [1.165, 1.54) is 0 Å². The van der Waals surface area contributed by atoms with Crippen LogP contribution in [0.25, 0.3) is 0 Å². The van der Waals surface area contributed by atoms with Crippen LogP contribution in [0.2, 0.25) is 0 Å². The summed E-state index contributed by atoms with van der Waals surface area (Å²) in [6, 6.07) is 0. The van der Waals surface area contributed by atoms with Crippen LogP contribution in [0.15, 0.2) is 24.3 Å². The van der Waals surface area contributed by atoms with Crippen molar-refractivity contribution in [2.75, 3.05) is 13.7 Å². The Morgan fingerprint density at radius 3 is 2.43 bits per heavy atom. The molecule has 0 atom stereocenters. The molecule has 2 heteroatoms. The van der Waals surface area contributed by atoms with Gasteiger partial charge in [0.15, 0.2) is 5.78 Å². The van der Waals surface area contributed by atoms with E-state index >= 15 is 0 Å². The van der Waals surface area contributed by atoms with Crippen molar-refractivity contribution in [2.24, 2.45) is 11.3 Å². The highest BCUT2D eigenvalue weighted by Crippen LogP contribution is 2.29. The van der Waals surface area contributed by atoms with Crippen LogP contribution in [0.1, 0.15) is 20.3 Å². The second-order valence-corrected chi connectivity index (χ2v) is 4.03. The number of ketones is 1. The summed E-state index contributed by atoms with van der Waals surface area (Å²) in [5.74, 6) is 0.268. The van der Waals surface area contributed by atoms with Gasteiger partial charge in [-0.2, -0.15) is 0 Å². The van der Waals surface area contributed by atoms with Crippen molar-refractivity contribution in [2.45, 2.75) is 20.3 Å². The summed E-state index contributed by atoms with van der Waals surface area (Å²) in [4.78, 5) is 12.0. The largest absolute Gasteiger partial charge is 0.383 e. The van der Waals surface area contributed by atoms with Crippen molar-refractivity contribution in [3.05, 3.63) is 24.3 Å². The Morgan fingerprint density at radius 2 is 2.00 bits per heavy atom. The summed E-state index contributed by atoms with van der Waals surface area (Å²) >= 11 is 0. The molecule has 0 unspecified atom stereocenters. The van der Waals surface area contributed by atoms with Crippen LogP contribution in [0.5, 0.6) is 0 Å². The van der Waals surface area contributed by atoms with E-state index in [2.05, 4.69) is 0 Å². The van der Waals surface area contributed by atoms with E-state index in [1.807, 2.05) is 38.2 Å². The summed E-state index contributed by atoms with van der Waals surface area (Å²) < 4.78 is 5.13. The maximum atomic E-state index is 12.0. The number of ether oxygens (including phenoxy) is 1. The third kappa shape index (κ3) is 2.13. The predicted octanol–water partition coefficient (Wildman–Crippen LogP) is 2.36. The Morgan fingerprint density at radius 1 is 1.43 bits per heavy atom. The number of carbonyl (C=O) groups is 1. The van der Waals surface area contributed by atoms with Crippen LogP contribution in [0.4, 0.5) is 0 Å². The first kappa shape index (κ1) is 11.2. The molecule has 0 spiro atoms. The maximum absolute atomic E-state index is 12.0. The Balaban J connectivity index is 2.91. The van der Waals surface area contributed by atoms with Crippen molar-refractivity contribution in [1.29, 1.82) is 0 Å². The zero-order valence-corrected chi connectivity index (χ0v) is 9.12. The highest BCUT2D eigenvalue weighted by Gasteiger charge is 2.35. The van der Waals surface area contributed by atoms with Gasteiger partial charge in [0.2, 0.25) is 0 Å². The number of hydrogen-bond donors (Lipinski definition) is 0. The first-order valence-electron chi connectivity index (χ1n) is 5.01. The number of rotatable bonds is 4. The fourth-order valence-electron chi connectivity index (χ4n) is 1.80. The Hall–Kier alpha value is -0.890. The quantitative estimate of drug-likeness (QED) is 0.642. The van der Waals surface area contributed by atoms with Gasteiger partial charge in [0.25, 0.3) is 0 Å². The average molecular weight is 194 g/mol. The van der Waals surface area contributed by atoms with E-state index in [-0.39, 0.29) is 11.7 Å². The van der Waals surface area contributed by atoms with Crippen LogP contribution in [-0.4, -0.2) is 19.5 Å². The molecule has 0 aromatic rings. The van der Waals surface area contributed by atoms with Crippen molar-refractivity contribution < 1.29 is 9.53 Å². The normalized spacial score (nSPS) is 18.9. The summed E-state index contributed by atoms with van der Waals surface area (Å²) in [5, 5.41) is 0. The zero-order valence-electron chi connectivity index (χ0n) is 9.12. The van der Waals surface area contributed by atoms with E-state index in [4.69, 9.17) is 4.74 Å². The minimum atomic E-state index is -0.513. The molecule has 0 radical (unpaired) electrons. The summed E-state index contributed by atoms with van der Waals surface area (Å²) in [5.41, 5.74) is -0.513. The van der Waals surface area contributed by atoms with E-state index in [0.29, 0.717) is 6.61 Å². The van der Waals surface area contributed by atoms with E-state index in [1.54, 1.807) is 7.11 Å². The summed E-state index contributed by atoms with van der Waals surface area (Å²) in [6.07, 6.45) is 8.91. The standard InChI is InChI=1S/C12H18O2/c1-10(2)11(13)12(9-14-3)7-5-4-6-8-12/h5-8,10H,4,9H2,1-3H3. The second kappa shape index (κ2) is 4.56. The second-order valence-electron chi connectivity index (χ2n) is 4.03. The lowest BCUT2D eigenvalue weighted by molar-refractivity contribution is -0.129. The molecule has 0 heterocycles. The fourth-order valence-corrected chi connectivity index (χ4v) is 1.80. The smallest absolute Gasteiger partial charge is 0.151 e. The predicted molar refractivity (Wildman–Crippen MR) is 57.1 cm³/mol. The van der Waals surface area contributed by atoms with Crippen molar-refractivity contribution in [1.82, 2.24) is 0 Å². The van der Waals surface area contributed by atoms with Crippen LogP contribution in [0.3, 0.4) is 0 Å². The number of Topliss-reactive ketones (excluding diaryl/α,β-unsaturated/α-hetero) is 1.